The van der Waals surface area contributed by atoms with Crippen LogP contribution < -0.4 is 10.2 Å². The first-order chi connectivity index (χ1) is 22.1. The molecule has 0 saturated carbocycles. The lowest BCUT2D eigenvalue weighted by Crippen LogP contribution is -2.37. The maximum atomic E-state index is 13.3. The van der Waals surface area contributed by atoms with Gasteiger partial charge in [-0.25, -0.2) is 0 Å². The summed E-state index contributed by atoms with van der Waals surface area (Å²) >= 11 is 0. The molecule has 1 saturated heterocycles. The predicted octanol–water partition coefficient (Wildman–Crippen LogP) is 9.21. The summed E-state index contributed by atoms with van der Waals surface area (Å²) in [7, 11) is 0. The molecule has 1 N–H and O–H groups in total. The molecule has 1 heterocycles. The lowest BCUT2D eigenvalue weighted by molar-refractivity contribution is -0.147. The Morgan fingerprint density at radius 1 is 0.848 bits per heavy atom. The fourth-order valence-corrected chi connectivity index (χ4v) is 5.96. The lowest BCUT2D eigenvalue weighted by Gasteiger charge is -2.36. The second-order valence-electron chi connectivity index (χ2n) is 12.2. The highest BCUT2D eigenvalue weighted by molar-refractivity contribution is 6.08. The fraction of sp³-hybridized carbons (Fsp3) is 0.316. The quantitative estimate of drug-likeness (QED) is 0.178. The van der Waals surface area contributed by atoms with E-state index in [0.717, 1.165) is 55.7 Å². The fourth-order valence-electron chi connectivity index (χ4n) is 5.96. The molecule has 46 heavy (non-hydrogen) atoms. The number of alkyl halides is 3. The van der Waals surface area contributed by atoms with Crippen LogP contribution in [0.25, 0.3) is 11.1 Å². The topological polar surface area (TPSA) is 58.6 Å². The molecule has 1 aliphatic heterocycles. The van der Waals surface area contributed by atoms with Gasteiger partial charge in [0.1, 0.15) is 0 Å². The number of benzene rings is 4. The van der Waals surface area contributed by atoms with E-state index in [1.54, 1.807) is 24.3 Å². The van der Waals surface area contributed by atoms with Crippen LogP contribution in [0, 0.1) is 11.8 Å². The van der Waals surface area contributed by atoms with Crippen LogP contribution in [-0.4, -0.2) is 31.6 Å². The minimum absolute atomic E-state index is 0.148. The molecule has 0 aliphatic carbocycles. The average Bonchev–Trinajstić information content (AvgIpc) is 3.05. The third kappa shape index (κ3) is 8.16. The highest BCUT2D eigenvalue weighted by Crippen LogP contribution is 2.36. The molecule has 0 radical (unpaired) electrons. The number of nitrogens with zero attached hydrogens (tertiary/aromatic N) is 1. The van der Waals surface area contributed by atoms with Gasteiger partial charge in [-0.3, -0.25) is 9.59 Å². The maximum Gasteiger partial charge on any atom is 0.416 e. The van der Waals surface area contributed by atoms with Gasteiger partial charge in [-0.1, -0.05) is 74.5 Å². The van der Waals surface area contributed by atoms with E-state index in [4.69, 9.17) is 4.74 Å². The number of anilines is 2. The number of piperidine rings is 1. The molecule has 1 atom stereocenters. The minimum atomic E-state index is -4.43. The summed E-state index contributed by atoms with van der Waals surface area (Å²) in [6.07, 6.45) is -1.90. The molecular formula is C38H39F3N2O3. The number of ether oxygens (including phenoxy) is 1. The molecule has 4 aromatic rings. The van der Waals surface area contributed by atoms with Crippen LogP contribution in [0.3, 0.4) is 0 Å². The van der Waals surface area contributed by atoms with Gasteiger partial charge >= 0.3 is 12.1 Å². The molecule has 8 heteroatoms. The molecule has 1 unspecified atom stereocenters. The zero-order valence-corrected chi connectivity index (χ0v) is 26.1. The molecule has 4 aromatic carbocycles. The Kier molecular flexibility index (Phi) is 10.5. The van der Waals surface area contributed by atoms with Crippen molar-refractivity contribution in [1.29, 1.82) is 0 Å². The van der Waals surface area contributed by atoms with Crippen LogP contribution in [0.5, 0.6) is 0 Å². The maximum absolute atomic E-state index is 13.3. The normalized spacial score (nSPS) is 14.6. The summed E-state index contributed by atoms with van der Waals surface area (Å²) in [6.45, 7) is 6.25. The second-order valence-corrected chi connectivity index (χ2v) is 12.2. The summed E-state index contributed by atoms with van der Waals surface area (Å²) in [6, 6.07) is 29.2. The molecule has 5 rings (SSSR count). The van der Waals surface area contributed by atoms with E-state index in [0.29, 0.717) is 34.9 Å². The number of rotatable bonds is 10. The van der Waals surface area contributed by atoms with Gasteiger partial charge < -0.3 is 15.0 Å². The van der Waals surface area contributed by atoms with Crippen molar-refractivity contribution in [1.82, 2.24) is 0 Å². The van der Waals surface area contributed by atoms with Gasteiger partial charge in [-0.15, -0.1) is 0 Å². The number of amides is 1. The lowest BCUT2D eigenvalue weighted by atomic mass is 9.80. The Morgan fingerprint density at radius 3 is 2.11 bits per heavy atom. The molecule has 1 aliphatic rings. The van der Waals surface area contributed by atoms with Crippen LogP contribution in [0.15, 0.2) is 103 Å². The van der Waals surface area contributed by atoms with E-state index in [1.165, 1.54) is 12.1 Å². The Morgan fingerprint density at radius 2 is 1.48 bits per heavy atom. The van der Waals surface area contributed by atoms with Gasteiger partial charge in [0.05, 0.1) is 18.1 Å². The van der Waals surface area contributed by atoms with Crippen LogP contribution in [0.4, 0.5) is 24.5 Å². The number of esters is 1. The van der Waals surface area contributed by atoms with Crippen molar-refractivity contribution >= 4 is 23.3 Å². The van der Waals surface area contributed by atoms with Gasteiger partial charge in [0.25, 0.3) is 5.91 Å². The van der Waals surface area contributed by atoms with Crippen molar-refractivity contribution in [2.75, 3.05) is 29.9 Å². The largest absolute Gasteiger partial charge is 0.465 e. The summed E-state index contributed by atoms with van der Waals surface area (Å²) in [5.74, 6) is -0.150. The number of hydrogen-bond donors (Lipinski definition) is 1. The third-order valence-electron chi connectivity index (χ3n) is 8.55. The predicted molar refractivity (Wildman–Crippen MR) is 176 cm³/mol. The molecule has 1 amide bonds. The van der Waals surface area contributed by atoms with Crippen molar-refractivity contribution in [3.8, 4) is 11.1 Å². The molecule has 5 nitrogen and oxygen atoms in total. The van der Waals surface area contributed by atoms with Crippen LogP contribution in [0.2, 0.25) is 0 Å². The molecule has 1 fully saturated rings. The van der Waals surface area contributed by atoms with Gasteiger partial charge in [-0.2, -0.15) is 13.2 Å². The zero-order valence-electron chi connectivity index (χ0n) is 26.1. The van der Waals surface area contributed by atoms with Crippen molar-refractivity contribution < 1.29 is 27.5 Å². The van der Waals surface area contributed by atoms with Gasteiger partial charge in [0, 0.05) is 30.0 Å². The first-order valence-corrected chi connectivity index (χ1v) is 15.7. The number of halogens is 3. The number of hydrogen-bond acceptors (Lipinski definition) is 4. The van der Waals surface area contributed by atoms with Gasteiger partial charge in [-0.05, 0) is 90.3 Å². The standard InChI is InChI=1S/C38H39F3N2O3/c1-26(2)22-25-46-37(45)35(28-8-4-3-5-9-28)29-20-23-43(24-21-29)32-18-16-31(17-19-32)42-36(44)34-11-7-6-10-33(34)27-12-14-30(15-13-27)38(39,40)41/h3-19,26,29,35H,20-25H2,1-2H3,(H,42,44). The van der Waals surface area contributed by atoms with E-state index in [1.807, 2.05) is 54.6 Å². The summed E-state index contributed by atoms with van der Waals surface area (Å²) in [4.78, 5) is 28.8. The van der Waals surface area contributed by atoms with Crippen molar-refractivity contribution in [3.05, 3.63) is 120 Å². The Labute approximate surface area is 268 Å². The van der Waals surface area contributed by atoms with Gasteiger partial charge in [0.15, 0.2) is 0 Å². The molecule has 0 aromatic heterocycles. The first-order valence-electron chi connectivity index (χ1n) is 15.7. The van der Waals surface area contributed by atoms with Crippen LogP contribution >= 0.6 is 0 Å². The van der Waals surface area contributed by atoms with E-state index < -0.39 is 11.7 Å². The van der Waals surface area contributed by atoms with Crippen LogP contribution in [-0.2, 0) is 15.7 Å². The highest BCUT2D eigenvalue weighted by atomic mass is 19.4. The smallest absolute Gasteiger partial charge is 0.416 e. The molecule has 0 bridgehead atoms. The van der Waals surface area contributed by atoms with Gasteiger partial charge in [0.2, 0.25) is 0 Å². The van der Waals surface area contributed by atoms with E-state index >= 15 is 0 Å². The van der Waals surface area contributed by atoms with Crippen molar-refractivity contribution in [3.63, 3.8) is 0 Å². The molecule has 240 valence electrons. The average molecular weight is 629 g/mol. The molecule has 0 spiro atoms. The van der Waals surface area contributed by atoms with E-state index in [9.17, 15) is 22.8 Å². The Bertz CT molecular complexity index is 1600. The van der Waals surface area contributed by atoms with Crippen molar-refractivity contribution in [2.45, 2.75) is 45.2 Å². The highest BCUT2D eigenvalue weighted by Gasteiger charge is 2.34. The Hall–Kier alpha value is -4.59. The SMILES string of the molecule is CC(C)CCOC(=O)C(c1ccccc1)C1CCN(c2ccc(NC(=O)c3ccccc3-c3ccc(C(F)(F)F)cc3)cc2)CC1. The van der Waals surface area contributed by atoms with E-state index in [2.05, 4.69) is 24.1 Å². The summed E-state index contributed by atoms with van der Waals surface area (Å²) < 4.78 is 44.8. The van der Waals surface area contributed by atoms with Crippen LogP contribution in [0.1, 0.15) is 60.5 Å². The minimum Gasteiger partial charge on any atom is -0.465 e. The summed E-state index contributed by atoms with van der Waals surface area (Å²) in [5, 5.41) is 2.92. The number of carbonyl (C=O) groups is 2. The third-order valence-corrected chi connectivity index (χ3v) is 8.55. The zero-order chi connectivity index (χ0) is 32.7. The van der Waals surface area contributed by atoms with Crippen molar-refractivity contribution in [2.24, 2.45) is 11.8 Å². The summed E-state index contributed by atoms with van der Waals surface area (Å²) in [5.41, 5.74) is 3.33. The number of carbonyl (C=O) groups excluding carboxylic acids is 2. The Balaban J connectivity index is 1.21. The molecular weight excluding hydrogens is 589 g/mol. The monoisotopic (exact) mass is 628 g/mol. The van der Waals surface area contributed by atoms with E-state index in [-0.39, 0.29) is 23.7 Å². The number of nitrogens with one attached hydrogen (secondary N) is 1. The first kappa shape index (κ1) is 32.8. The second kappa shape index (κ2) is 14.7.